The molecular weight excluding hydrogens is 358 g/mol. The van der Waals surface area contributed by atoms with E-state index < -0.39 is 10.0 Å². The van der Waals surface area contributed by atoms with Gasteiger partial charge in [-0.15, -0.1) is 0 Å². The number of rotatable bonds is 4. The largest absolute Gasteiger partial charge is 0.496 e. The summed E-state index contributed by atoms with van der Waals surface area (Å²) in [7, 11) is -2.37. The quantitative estimate of drug-likeness (QED) is 0.820. The van der Waals surface area contributed by atoms with Gasteiger partial charge in [-0.05, 0) is 13.0 Å². The van der Waals surface area contributed by atoms with Crippen LogP contribution < -0.4 is 15.2 Å². The minimum atomic E-state index is -3.95. The van der Waals surface area contributed by atoms with Crippen LogP contribution in [0.2, 0.25) is 0 Å². The van der Waals surface area contributed by atoms with Crippen molar-refractivity contribution in [2.45, 2.75) is 17.9 Å². The number of furan rings is 1. The van der Waals surface area contributed by atoms with Gasteiger partial charge >= 0.3 is 0 Å². The maximum absolute atomic E-state index is 13.0. The number of benzene rings is 1. The fourth-order valence-electron chi connectivity index (χ4n) is 3.16. The van der Waals surface area contributed by atoms with Crippen LogP contribution in [0.4, 0.5) is 0 Å². The van der Waals surface area contributed by atoms with Gasteiger partial charge in [0.2, 0.25) is 10.0 Å². The van der Waals surface area contributed by atoms with E-state index in [-0.39, 0.29) is 28.4 Å². The zero-order valence-corrected chi connectivity index (χ0v) is 15.4. The summed E-state index contributed by atoms with van der Waals surface area (Å²) >= 11 is 0. The maximum Gasteiger partial charge on any atom is 0.290 e. The van der Waals surface area contributed by atoms with Crippen LogP contribution in [-0.2, 0) is 10.0 Å². The molecule has 1 aromatic carbocycles. The lowest BCUT2D eigenvalue weighted by atomic mass is 10.0. The lowest BCUT2D eigenvalue weighted by Gasteiger charge is -2.36. The molecule has 1 aliphatic heterocycles. The van der Waals surface area contributed by atoms with Gasteiger partial charge in [0.25, 0.3) is 5.91 Å². The Labute approximate surface area is 152 Å². The molecule has 26 heavy (non-hydrogen) atoms. The first-order valence-electron chi connectivity index (χ1n) is 8.10. The van der Waals surface area contributed by atoms with Crippen molar-refractivity contribution in [1.82, 2.24) is 10.2 Å². The highest BCUT2D eigenvalue weighted by Gasteiger charge is 2.33. The summed E-state index contributed by atoms with van der Waals surface area (Å²) < 4.78 is 34.0. The number of ether oxygens (including phenoxy) is 1. The van der Waals surface area contributed by atoms with Crippen LogP contribution in [0, 0.1) is 6.92 Å². The molecule has 3 rings (SSSR count). The molecule has 2 heterocycles. The van der Waals surface area contributed by atoms with E-state index in [0.29, 0.717) is 25.4 Å². The molecule has 8 nitrogen and oxygen atoms in total. The van der Waals surface area contributed by atoms with E-state index in [0.717, 1.165) is 5.56 Å². The molecule has 1 fully saturated rings. The number of carbonyl (C=O) groups excluding carboxylic acids is 1. The van der Waals surface area contributed by atoms with E-state index in [2.05, 4.69) is 5.32 Å². The number of methoxy groups -OCH3 is 1. The van der Waals surface area contributed by atoms with Gasteiger partial charge in [0.05, 0.1) is 13.2 Å². The molecular formula is C17H21N3O5S. The van der Waals surface area contributed by atoms with Gasteiger partial charge in [-0.3, -0.25) is 4.79 Å². The summed E-state index contributed by atoms with van der Waals surface area (Å²) in [6.07, 6.45) is 0. The molecule has 1 unspecified atom stereocenters. The van der Waals surface area contributed by atoms with Crippen LogP contribution in [0.3, 0.4) is 0 Å². The molecule has 1 aromatic heterocycles. The molecule has 1 aliphatic rings. The van der Waals surface area contributed by atoms with E-state index in [4.69, 9.17) is 14.3 Å². The van der Waals surface area contributed by atoms with Crippen molar-refractivity contribution in [2.75, 3.05) is 26.7 Å². The van der Waals surface area contributed by atoms with E-state index in [1.54, 1.807) is 12.0 Å². The number of aryl methyl sites for hydroxylation is 1. The molecule has 1 atom stereocenters. The second-order valence-electron chi connectivity index (χ2n) is 6.04. The first-order valence-corrected chi connectivity index (χ1v) is 9.65. The van der Waals surface area contributed by atoms with Crippen LogP contribution in [-0.4, -0.2) is 46.0 Å². The Morgan fingerprint density at radius 3 is 2.77 bits per heavy atom. The number of nitrogens with zero attached hydrogens (tertiary/aromatic N) is 1. The predicted molar refractivity (Wildman–Crippen MR) is 94.5 cm³/mol. The lowest BCUT2D eigenvalue weighted by molar-refractivity contribution is 0.0597. The molecule has 9 heteroatoms. The SMILES string of the molecule is COc1ccccc1C1CNCCN1C(=O)c1cc(S(N)(=O)=O)c(C)o1. The molecule has 2 aromatic rings. The molecule has 0 radical (unpaired) electrons. The Hall–Kier alpha value is -2.36. The van der Waals surface area contributed by atoms with Crippen molar-refractivity contribution < 1.29 is 22.4 Å². The molecule has 0 spiro atoms. The van der Waals surface area contributed by atoms with Crippen molar-refractivity contribution >= 4 is 15.9 Å². The maximum atomic E-state index is 13.0. The molecule has 0 saturated carbocycles. The molecule has 0 bridgehead atoms. The average molecular weight is 379 g/mol. The second-order valence-corrected chi connectivity index (χ2v) is 7.57. The zero-order valence-electron chi connectivity index (χ0n) is 14.6. The standard InChI is InChI=1S/C17H21N3O5S/c1-11-16(26(18,22)23)9-15(25-11)17(21)20-8-7-19-10-13(20)12-5-3-4-6-14(12)24-2/h3-6,9,13,19H,7-8,10H2,1-2H3,(H2,18,22,23). The Morgan fingerprint density at radius 2 is 2.12 bits per heavy atom. The van der Waals surface area contributed by atoms with Crippen molar-refractivity contribution in [3.63, 3.8) is 0 Å². The monoisotopic (exact) mass is 379 g/mol. The van der Waals surface area contributed by atoms with Crippen LogP contribution >= 0.6 is 0 Å². The highest BCUT2D eigenvalue weighted by Crippen LogP contribution is 2.32. The van der Waals surface area contributed by atoms with Crippen LogP contribution in [0.1, 0.15) is 27.9 Å². The minimum Gasteiger partial charge on any atom is -0.496 e. The lowest BCUT2D eigenvalue weighted by Crippen LogP contribution is -2.48. The number of amides is 1. The number of nitrogens with two attached hydrogens (primary N) is 1. The number of primary sulfonamides is 1. The van der Waals surface area contributed by atoms with Crippen LogP contribution in [0.25, 0.3) is 0 Å². The molecule has 140 valence electrons. The summed E-state index contributed by atoms with van der Waals surface area (Å²) in [5.41, 5.74) is 0.866. The van der Waals surface area contributed by atoms with Crippen molar-refractivity contribution in [1.29, 1.82) is 0 Å². The second kappa shape index (κ2) is 7.10. The summed E-state index contributed by atoms with van der Waals surface area (Å²) in [5.74, 6) is 0.341. The number of sulfonamides is 1. The Kier molecular flexibility index (Phi) is 5.03. The number of hydrogen-bond donors (Lipinski definition) is 2. The van der Waals surface area contributed by atoms with Gasteiger partial charge in [-0.25, -0.2) is 13.6 Å². The minimum absolute atomic E-state index is 0.0478. The summed E-state index contributed by atoms with van der Waals surface area (Å²) in [6.45, 7) is 3.09. The number of hydrogen-bond acceptors (Lipinski definition) is 6. The van der Waals surface area contributed by atoms with E-state index in [9.17, 15) is 13.2 Å². The van der Waals surface area contributed by atoms with E-state index >= 15 is 0 Å². The third-order valence-corrected chi connectivity index (χ3v) is 5.41. The van der Waals surface area contributed by atoms with Gasteiger partial charge in [0, 0.05) is 31.3 Å². The van der Waals surface area contributed by atoms with Crippen molar-refractivity contribution in [3.8, 4) is 5.75 Å². The third kappa shape index (κ3) is 3.46. The highest BCUT2D eigenvalue weighted by atomic mass is 32.2. The fraction of sp³-hybridized carbons (Fsp3) is 0.353. The third-order valence-electron chi connectivity index (χ3n) is 4.39. The van der Waals surface area contributed by atoms with Gasteiger partial charge < -0.3 is 19.4 Å². The topological polar surface area (TPSA) is 115 Å². The Bertz CT molecular complexity index is 922. The fourth-order valence-corrected chi connectivity index (χ4v) is 3.88. The molecule has 3 N–H and O–H groups in total. The van der Waals surface area contributed by atoms with Gasteiger partial charge in [0.15, 0.2) is 5.76 Å². The molecule has 0 aliphatic carbocycles. The van der Waals surface area contributed by atoms with Gasteiger partial charge in [0.1, 0.15) is 16.4 Å². The van der Waals surface area contributed by atoms with Crippen LogP contribution in [0.5, 0.6) is 5.75 Å². The van der Waals surface area contributed by atoms with Gasteiger partial charge in [-0.1, -0.05) is 18.2 Å². The molecule has 1 amide bonds. The number of para-hydroxylation sites is 1. The van der Waals surface area contributed by atoms with Crippen molar-refractivity contribution in [2.24, 2.45) is 5.14 Å². The average Bonchev–Trinajstić information content (AvgIpc) is 3.03. The number of piperazine rings is 1. The number of carbonyl (C=O) groups is 1. The first kappa shape index (κ1) is 18.4. The summed E-state index contributed by atoms with van der Waals surface area (Å²) in [6, 6.07) is 8.40. The van der Waals surface area contributed by atoms with Gasteiger partial charge in [-0.2, -0.15) is 0 Å². The molecule has 1 saturated heterocycles. The van der Waals surface area contributed by atoms with Crippen molar-refractivity contribution in [3.05, 3.63) is 47.4 Å². The summed E-state index contributed by atoms with van der Waals surface area (Å²) in [4.78, 5) is 14.5. The van der Waals surface area contributed by atoms with E-state index in [1.807, 2.05) is 24.3 Å². The smallest absolute Gasteiger partial charge is 0.290 e. The number of nitrogens with one attached hydrogen (secondary N) is 1. The Balaban J connectivity index is 1.97. The Morgan fingerprint density at radius 1 is 1.38 bits per heavy atom. The first-order chi connectivity index (χ1) is 12.3. The summed E-state index contributed by atoms with van der Waals surface area (Å²) in [5, 5.41) is 8.43. The predicted octanol–water partition coefficient (Wildman–Crippen LogP) is 1.03. The normalized spacial score (nSPS) is 18.0. The highest BCUT2D eigenvalue weighted by molar-refractivity contribution is 7.89. The van der Waals surface area contributed by atoms with Crippen LogP contribution in [0.15, 0.2) is 39.6 Å². The zero-order chi connectivity index (χ0) is 18.9. The van der Waals surface area contributed by atoms with E-state index in [1.165, 1.54) is 13.0 Å².